The minimum absolute atomic E-state index is 0.0272. The number of hydrogen-bond donors (Lipinski definition) is 1. The van der Waals surface area contributed by atoms with E-state index in [2.05, 4.69) is 71.1 Å². The molecule has 5 heterocycles. The molecule has 3 aromatic heterocycles. The fourth-order valence-corrected chi connectivity index (χ4v) is 8.79. The Labute approximate surface area is 317 Å². The van der Waals surface area contributed by atoms with Gasteiger partial charge in [0.1, 0.15) is 34.8 Å². The van der Waals surface area contributed by atoms with Crippen molar-refractivity contribution in [3.8, 4) is 11.8 Å². The summed E-state index contributed by atoms with van der Waals surface area (Å²) < 4.78 is 13.1. The standard InChI is InChI=1S/C38H45N7O4S3/c1-5-6-30-29-8-7-28(19-26(29)11-15-45(30)36(47)27(21-39)20-33-40-12-18-50-33)48-17-16-44-13-9-25(10-14-44)35(46)43-37-42-23-34(52-37)51-24-32-41-22-31(49-32)38(2,3)4/h7-8,12,18-20,22-23,25,30H,5-6,9-11,13-17,24H2,1-4H3,(H,42,43,46). The van der Waals surface area contributed by atoms with Gasteiger partial charge in [-0.3, -0.25) is 14.5 Å². The van der Waals surface area contributed by atoms with E-state index in [4.69, 9.17) is 9.15 Å². The smallest absolute Gasteiger partial charge is 0.265 e. The van der Waals surface area contributed by atoms with E-state index in [1.807, 2.05) is 16.3 Å². The minimum atomic E-state index is -0.246. The lowest BCUT2D eigenvalue weighted by atomic mass is 9.89. The number of thioether (sulfide) groups is 1. The van der Waals surface area contributed by atoms with Gasteiger partial charge < -0.3 is 19.4 Å². The van der Waals surface area contributed by atoms with Gasteiger partial charge in [-0.25, -0.2) is 15.0 Å². The van der Waals surface area contributed by atoms with Crippen LogP contribution in [0.3, 0.4) is 0 Å². The molecule has 4 aromatic rings. The molecule has 0 saturated carbocycles. The number of likely N-dealkylation sites (tertiary alicyclic amines) is 1. The van der Waals surface area contributed by atoms with Crippen LogP contribution in [-0.2, 0) is 27.2 Å². The molecule has 0 radical (unpaired) electrons. The van der Waals surface area contributed by atoms with Crippen molar-refractivity contribution in [1.29, 1.82) is 5.26 Å². The summed E-state index contributed by atoms with van der Waals surface area (Å²) in [4.78, 5) is 43.8. The van der Waals surface area contributed by atoms with Crippen LogP contribution in [0.1, 0.15) is 87.2 Å². The Bertz CT molecular complexity index is 1900. The highest BCUT2D eigenvalue weighted by molar-refractivity contribution is 8.00. The Balaban J connectivity index is 0.939. The Kier molecular flexibility index (Phi) is 12.5. The molecular weight excluding hydrogens is 715 g/mol. The first-order valence-electron chi connectivity index (χ1n) is 17.8. The summed E-state index contributed by atoms with van der Waals surface area (Å²) >= 11 is 4.48. The first kappa shape index (κ1) is 37.7. The van der Waals surface area contributed by atoms with E-state index in [0.717, 1.165) is 66.6 Å². The molecule has 1 aromatic carbocycles. The molecule has 1 N–H and O–H groups in total. The lowest BCUT2D eigenvalue weighted by Gasteiger charge is -2.37. The quantitative estimate of drug-likeness (QED) is 0.0819. The highest BCUT2D eigenvalue weighted by atomic mass is 32.2. The number of carbonyl (C=O) groups is 2. The molecule has 52 heavy (non-hydrogen) atoms. The largest absolute Gasteiger partial charge is 0.492 e. The third-order valence-electron chi connectivity index (χ3n) is 9.34. The summed E-state index contributed by atoms with van der Waals surface area (Å²) in [5.41, 5.74) is 2.34. The van der Waals surface area contributed by atoms with E-state index in [1.54, 1.807) is 36.4 Å². The number of nitriles is 1. The molecule has 1 unspecified atom stereocenters. The monoisotopic (exact) mass is 759 g/mol. The van der Waals surface area contributed by atoms with Gasteiger partial charge >= 0.3 is 0 Å². The number of aromatic nitrogens is 3. The fraction of sp³-hybridized carbons (Fsp3) is 0.474. The van der Waals surface area contributed by atoms with E-state index >= 15 is 0 Å². The summed E-state index contributed by atoms with van der Waals surface area (Å²) in [6.45, 7) is 12.0. The average molecular weight is 760 g/mol. The maximum atomic E-state index is 13.5. The number of piperidine rings is 1. The zero-order valence-corrected chi connectivity index (χ0v) is 32.5. The number of nitrogens with zero attached hydrogens (tertiary/aromatic N) is 6. The van der Waals surface area contributed by atoms with Gasteiger partial charge in [0.15, 0.2) is 5.13 Å². The number of rotatable bonds is 13. The zero-order chi connectivity index (χ0) is 36.7. The summed E-state index contributed by atoms with van der Waals surface area (Å²) in [6.07, 6.45) is 10.8. The summed E-state index contributed by atoms with van der Waals surface area (Å²) in [7, 11) is 0. The number of fused-ring (bicyclic) bond motifs is 1. The number of hydrogen-bond acceptors (Lipinski definition) is 12. The Morgan fingerprint density at radius 1 is 1.17 bits per heavy atom. The SMILES string of the molecule is CCCC1c2ccc(OCCN3CCC(C(=O)Nc4ncc(SCc5ncc(C(C)(C)C)o5)s4)CC3)cc2CCN1C(=O)C(C#N)=Cc1nccs1. The van der Waals surface area contributed by atoms with Gasteiger partial charge in [0.25, 0.3) is 5.91 Å². The molecular formula is C38H45N7O4S3. The first-order valence-corrected chi connectivity index (χ1v) is 20.4. The lowest BCUT2D eigenvalue weighted by molar-refractivity contribution is -0.129. The number of oxazole rings is 1. The maximum absolute atomic E-state index is 13.5. The van der Waals surface area contributed by atoms with Gasteiger partial charge in [-0.1, -0.05) is 51.5 Å². The Hall–Kier alpha value is -4.03. The summed E-state index contributed by atoms with van der Waals surface area (Å²) in [5.74, 6) is 2.72. The second-order valence-corrected chi connectivity index (χ2v) is 17.3. The van der Waals surface area contributed by atoms with Crippen molar-refractivity contribution in [3.63, 3.8) is 0 Å². The normalized spacial score (nSPS) is 17.1. The van der Waals surface area contributed by atoms with Gasteiger partial charge in [-0.15, -0.1) is 23.1 Å². The molecule has 0 bridgehead atoms. The van der Waals surface area contributed by atoms with Crippen molar-refractivity contribution in [2.45, 2.75) is 81.2 Å². The molecule has 1 fully saturated rings. The van der Waals surface area contributed by atoms with Gasteiger partial charge in [0.05, 0.1) is 28.4 Å². The Morgan fingerprint density at radius 3 is 2.71 bits per heavy atom. The molecule has 6 rings (SSSR count). The van der Waals surface area contributed by atoms with Gasteiger partial charge in [0.2, 0.25) is 11.8 Å². The molecule has 2 aliphatic rings. The molecule has 0 aliphatic carbocycles. The molecule has 274 valence electrons. The van der Waals surface area contributed by atoms with Crippen LogP contribution in [0.4, 0.5) is 5.13 Å². The molecule has 2 amide bonds. The summed E-state index contributed by atoms with van der Waals surface area (Å²) in [5, 5.41) is 15.9. The predicted octanol–water partition coefficient (Wildman–Crippen LogP) is 7.74. The number of benzene rings is 1. The van der Waals surface area contributed by atoms with Crippen LogP contribution in [0, 0.1) is 17.2 Å². The van der Waals surface area contributed by atoms with Crippen molar-refractivity contribution < 1.29 is 18.7 Å². The third-order valence-corrected chi connectivity index (χ3v) is 12.2. The van der Waals surface area contributed by atoms with Crippen molar-refractivity contribution in [3.05, 3.63) is 75.5 Å². The number of thiazole rings is 2. The van der Waals surface area contributed by atoms with Crippen molar-refractivity contribution in [2.24, 2.45) is 5.92 Å². The van der Waals surface area contributed by atoms with Crippen LogP contribution in [0.15, 0.2) is 56.4 Å². The number of anilines is 1. The summed E-state index contributed by atoms with van der Waals surface area (Å²) in [6, 6.07) is 8.18. The van der Waals surface area contributed by atoms with Crippen LogP contribution in [0.5, 0.6) is 5.75 Å². The fourth-order valence-electron chi connectivity index (χ4n) is 6.49. The van der Waals surface area contributed by atoms with Crippen molar-refractivity contribution in [2.75, 3.05) is 38.1 Å². The van der Waals surface area contributed by atoms with E-state index in [1.165, 1.54) is 28.2 Å². The second kappa shape index (κ2) is 17.2. The number of carbonyl (C=O) groups excluding carboxylic acids is 2. The Morgan fingerprint density at radius 2 is 2.00 bits per heavy atom. The molecule has 11 nitrogen and oxygen atoms in total. The van der Waals surface area contributed by atoms with Crippen molar-refractivity contribution in [1.82, 2.24) is 24.8 Å². The van der Waals surface area contributed by atoms with Gasteiger partial charge in [-0.05, 0) is 68.1 Å². The first-order chi connectivity index (χ1) is 25.1. The van der Waals surface area contributed by atoms with E-state index in [9.17, 15) is 14.9 Å². The molecule has 0 spiro atoms. The van der Waals surface area contributed by atoms with Crippen LogP contribution in [0.2, 0.25) is 0 Å². The van der Waals surface area contributed by atoms with Crippen LogP contribution < -0.4 is 10.1 Å². The van der Waals surface area contributed by atoms with E-state index < -0.39 is 0 Å². The number of amides is 2. The van der Waals surface area contributed by atoms with Crippen LogP contribution in [-0.4, -0.2) is 69.4 Å². The average Bonchev–Trinajstić information content (AvgIpc) is 3.93. The zero-order valence-electron chi connectivity index (χ0n) is 30.1. The third kappa shape index (κ3) is 9.49. The lowest BCUT2D eigenvalue weighted by Crippen LogP contribution is -2.40. The highest BCUT2D eigenvalue weighted by Gasteiger charge is 2.32. The molecule has 1 saturated heterocycles. The second-order valence-electron chi connectivity index (χ2n) is 14.0. The van der Waals surface area contributed by atoms with Crippen molar-refractivity contribution >= 4 is 57.5 Å². The van der Waals surface area contributed by atoms with E-state index in [-0.39, 0.29) is 34.8 Å². The molecule has 2 aliphatic heterocycles. The number of nitrogens with one attached hydrogen (secondary N) is 1. The topological polar surface area (TPSA) is 137 Å². The molecule has 1 atom stereocenters. The van der Waals surface area contributed by atoms with Gasteiger partial charge in [-0.2, -0.15) is 5.26 Å². The molecule has 14 heteroatoms. The van der Waals surface area contributed by atoms with E-state index in [0.29, 0.717) is 41.4 Å². The predicted molar refractivity (Wildman–Crippen MR) is 205 cm³/mol. The minimum Gasteiger partial charge on any atom is -0.492 e. The number of ether oxygens (including phenoxy) is 1. The van der Waals surface area contributed by atoms with Crippen LogP contribution >= 0.6 is 34.4 Å². The van der Waals surface area contributed by atoms with Gasteiger partial charge in [0, 0.05) is 36.0 Å². The highest BCUT2D eigenvalue weighted by Crippen LogP contribution is 2.37. The maximum Gasteiger partial charge on any atom is 0.265 e. The van der Waals surface area contributed by atoms with Crippen LogP contribution in [0.25, 0.3) is 6.08 Å².